The minimum atomic E-state index is -0.989. The van der Waals surface area contributed by atoms with E-state index < -0.39 is 12.0 Å². The number of rotatable bonds is 5. The number of carboxylic acid groups (broad SMARTS) is 1. The van der Waals surface area contributed by atoms with Crippen molar-refractivity contribution in [2.75, 3.05) is 19.8 Å². The van der Waals surface area contributed by atoms with E-state index in [-0.39, 0.29) is 0 Å². The number of carboxylic acids is 1. The number of hydrogen-bond donors (Lipinski definition) is 2. The van der Waals surface area contributed by atoms with E-state index in [1.165, 1.54) is 0 Å². The summed E-state index contributed by atoms with van der Waals surface area (Å²) in [6.07, 6.45) is 2.36. The summed E-state index contributed by atoms with van der Waals surface area (Å²) in [6, 6.07) is 2.37. The van der Waals surface area contributed by atoms with Crippen LogP contribution in [-0.2, 0) is 4.79 Å². The van der Waals surface area contributed by atoms with Crippen LogP contribution in [0.15, 0.2) is 24.8 Å². The van der Waals surface area contributed by atoms with Crippen molar-refractivity contribution in [3.05, 3.63) is 35.4 Å². The molecule has 5 nitrogen and oxygen atoms in total. The van der Waals surface area contributed by atoms with E-state index in [1.807, 2.05) is 0 Å². The molecule has 1 unspecified atom stereocenters. The second-order valence-corrected chi connectivity index (χ2v) is 4.76. The maximum absolute atomic E-state index is 11.3. The third kappa shape index (κ3) is 3.23. The molecule has 0 aromatic heterocycles. The topological polar surface area (TPSA) is 67.8 Å². The molecular weight excluding hydrogens is 282 g/mol. The minimum Gasteiger partial charge on any atom is -0.489 e. The van der Waals surface area contributed by atoms with Crippen molar-refractivity contribution in [1.29, 1.82) is 0 Å². The van der Waals surface area contributed by atoms with Gasteiger partial charge >= 0.3 is 5.97 Å². The van der Waals surface area contributed by atoms with Crippen LogP contribution < -0.4 is 14.8 Å². The average Bonchev–Trinajstić information content (AvgIpc) is 2.64. The highest BCUT2D eigenvalue weighted by atomic mass is 35.5. The maximum Gasteiger partial charge on any atom is 0.325 e. The van der Waals surface area contributed by atoms with E-state index in [0.29, 0.717) is 41.8 Å². The van der Waals surface area contributed by atoms with Crippen molar-refractivity contribution in [3.63, 3.8) is 0 Å². The van der Waals surface area contributed by atoms with Crippen LogP contribution in [-0.4, -0.2) is 30.8 Å². The zero-order valence-electron chi connectivity index (χ0n) is 10.9. The molecule has 1 atom stereocenters. The smallest absolute Gasteiger partial charge is 0.325 e. The summed E-state index contributed by atoms with van der Waals surface area (Å²) in [6.45, 7) is 4.99. The van der Waals surface area contributed by atoms with Gasteiger partial charge in [-0.1, -0.05) is 17.7 Å². The van der Waals surface area contributed by atoms with Crippen molar-refractivity contribution in [2.45, 2.75) is 12.5 Å². The zero-order chi connectivity index (χ0) is 14.5. The van der Waals surface area contributed by atoms with Crippen LogP contribution in [0.2, 0.25) is 5.02 Å². The fourth-order valence-electron chi connectivity index (χ4n) is 1.97. The first kappa shape index (κ1) is 14.7. The van der Waals surface area contributed by atoms with Crippen LogP contribution in [0.25, 0.3) is 0 Å². The largest absolute Gasteiger partial charge is 0.489 e. The highest BCUT2D eigenvalue weighted by Crippen LogP contribution is 2.39. The van der Waals surface area contributed by atoms with Gasteiger partial charge in [0.25, 0.3) is 0 Å². The molecular formula is C14H16ClNO4. The number of ether oxygens (including phenoxy) is 2. The van der Waals surface area contributed by atoms with E-state index in [0.717, 1.165) is 6.42 Å². The third-order valence-corrected chi connectivity index (χ3v) is 3.15. The van der Waals surface area contributed by atoms with Crippen molar-refractivity contribution < 1.29 is 19.4 Å². The summed E-state index contributed by atoms with van der Waals surface area (Å²) < 4.78 is 11.1. The Bertz CT molecular complexity index is 518. The molecule has 0 radical (unpaired) electrons. The summed E-state index contributed by atoms with van der Waals surface area (Å²) >= 11 is 6.16. The van der Waals surface area contributed by atoms with Crippen molar-refractivity contribution >= 4 is 17.6 Å². The lowest BCUT2D eigenvalue weighted by Crippen LogP contribution is -2.28. The Morgan fingerprint density at radius 2 is 2.25 bits per heavy atom. The normalized spacial score (nSPS) is 15.2. The van der Waals surface area contributed by atoms with E-state index in [9.17, 15) is 9.90 Å². The molecule has 108 valence electrons. The van der Waals surface area contributed by atoms with Crippen LogP contribution in [0.5, 0.6) is 11.5 Å². The van der Waals surface area contributed by atoms with Gasteiger partial charge in [0.1, 0.15) is 6.04 Å². The monoisotopic (exact) mass is 297 g/mol. The highest BCUT2D eigenvalue weighted by Gasteiger charge is 2.23. The van der Waals surface area contributed by atoms with Gasteiger partial charge in [-0.2, -0.15) is 0 Å². The number of nitrogens with one attached hydrogen (secondary N) is 1. The SMILES string of the molecule is C=CCNC(C(=O)O)c1cc(Cl)c2c(c1)OCCCO2. The van der Waals surface area contributed by atoms with Gasteiger partial charge in [-0.25, -0.2) is 0 Å². The predicted molar refractivity (Wildman–Crippen MR) is 75.6 cm³/mol. The van der Waals surface area contributed by atoms with Gasteiger partial charge in [0.15, 0.2) is 11.5 Å². The molecule has 0 saturated carbocycles. The fraction of sp³-hybridized carbons (Fsp3) is 0.357. The van der Waals surface area contributed by atoms with Gasteiger partial charge in [0.2, 0.25) is 0 Å². The first-order valence-corrected chi connectivity index (χ1v) is 6.67. The van der Waals surface area contributed by atoms with Gasteiger partial charge in [-0.3, -0.25) is 10.1 Å². The quantitative estimate of drug-likeness (QED) is 0.817. The second kappa shape index (κ2) is 6.63. The highest BCUT2D eigenvalue weighted by molar-refractivity contribution is 6.32. The van der Waals surface area contributed by atoms with E-state index >= 15 is 0 Å². The number of hydrogen-bond acceptors (Lipinski definition) is 4. The molecule has 1 aromatic rings. The van der Waals surface area contributed by atoms with E-state index in [1.54, 1.807) is 18.2 Å². The summed E-state index contributed by atoms with van der Waals surface area (Å²) in [4.78, 5) is 11.3. The summed E-state index contributed by atoms with van der Waals surface area (Å²) in [7, 11) is 0. The Labute approximate surface area is 122 Å². The minimum absolute atomic E-state index is 0.353. The maximum atomic E-state index is 11.3. The van der Waals surface area contributed by atoms with Crippen LogP contribution in [0.4, 0.5) is 0 Å². The first-order chi connectivity index (χ1) is 9.63. The Hall–Kier alpha value is -1.72. The Morgan fingerprint density at radius 1 is 1.50 bits per heavy atom. The van der Waals surface area contributed by atoms with Crippen LogP contribution in [0.3, 0.4) is 0 Å². The zero-order valence-corrected chi connectivity index (χ0v) is 11.7. The van der Waals surface area contributed by atoms with Crippen LogP contribution in [0.1, 0.15) is 18.0 Å². The molecule has 2 rings (SSSR count). The number of halogens is 1. The molecule has 0 fully saturated rings. The molecule has 1 aromatic carbocycles. The molecule has 2 N–H and O–H groups in total. The van der Waals surface area contributed by atoms with Crippen molar-refractivity contribution in [3.8, 4) is 11.5 Å². The lowest BCUT2D eigenvalue weighted by atomic mass is 10.1. The third-order valence-electron chi connectivity index (χ3n) is 2.87. The van der Waals surface area contributed by atoms with Crippen molar-refractivity contribution in [2.24, 2.45) is 0 Å². The summed E-state index contributed by atoms with van der Waals surface area (Å²) in [5.74, 6) is -0.0326. The standard InChI is InChI=1S/C14H16ClNO4/c1-2-4-16-12(14(17)18)9-7-10(15)13-11(8-9)19-5-3-6-20-13/h2,7-8,12,16H,1,3-6H2,(H,17,18). The number of aliphatic carboxylic acids is 1. The molecule has 0 aliphatic carbocycles. The first-order valence-electron chi connectivity index (χ1n) is 6.29. The lowest BCUT2D eigenvalue weighted by Gasteiger charge is -2.17. The number of fused-ring (bicyclic) bond motifs is 1. The molecule has 0 spiro atoms. The number of carbonyl (C=O) groups is 1. The Morgan fingerprint density at radius 3 is 2.95 bits per heavy atom. The summed E-state index contributed by atoms with van der Waals surface area (Å²) in [5, 5.41) is 12.5. The van der Waals surface area contributed by atoms with Crippen LogP contribution in [0, 0.1) is 0 Å². The Balaban J connectivity index is 2.35. The predicted octanol–water partition coefficient (Wildman–Crippen LogP) is 2.40. The van der Waals surface area contributed by atoms with Gasteiger partial charge in [-0.05, 0) is 17.7 Å². The lowest BCUT2D eigenvalue weighted by molar-refractivity contribution is -0.139. The van der Waals surface area contributed by atoms with E-state index in [2.05, 4.69) is 11.9 Å². The molecule has 1 aliphatic heterocycles. The molecule has 1 heterocycles. The molecule has 20 heavy (non-hydrogen) atoms. The van der Waals surface area contributed by atoms with Gasteiger partial charge < -0.3 is 14.6 Å². The van der Waals surface area contributed by atoms with Gasteiger partial charge in [0, 0.05) is 13.0 Å². The Kier molecular flexibility index (Phi) is 4.87. The summed E-state index contributed by atoms with van der Waals surface area (Å²) in [5.41, 5.74) is 0.522. The van der Waals surface area contributed by atoms with Crippen LogP contribution >= 0.6 is 11.6 Å². The van der Waals surface area contributed by atoms with E-state index in [4.69, 9.17) is 21.1 Å². The molecule has 0 amide bonds. The second-order valence-electron chi connectivity index (χ2n) is 4.35. The van der Waals surface area contributed by atoms with Gasteiger partial charge in [0.05, 0.1) is 18.2 Å². The van der Waals surface area contributed by atoms with Gasteiger partial charge in [-0.15, -0.1) is 6.58 Å². The molecule has 0 bridgehead atoms. The molecule has 1 aliphatic rings. The van der Waals surface area contributed by atoms with Crippen molar-refractivity contribution in [1.82, 2.24) is 5.32 Å². The molecule has 6 heteroatoms. The molecule has 0 saturated heterocycles. The fourth-order valence-corrected chi connectivity index (χ4v) is 2.24. The number of benzene rings is 1. The average molecular weight is 298 g/mol.